The normalized spacial score (nSPS) is 12.3. The minimum atomic E-state index is -0.0910. The van der Waals surface area contributed by atoms with Crippen molar-refractivity contribution in [2.75, 3.05) is 26.7 Å². The van der Waals surface area contributed by atoms with Gasteiger partial charge in [0, 0.05) is 31.9 Å². The lowest BCUT2D eigenvalue weighted by atomic mass is 10.3. The Balaban J connectivity index is 1.76. The summed E-state index contributed by atoms with van der Waals surface area (Å²) >= 11 is 0. The lowest BCUT2D eigenvalue weighted by Crippen LogP contribution is -2.38. The number of rotatable bonds is 11. The quantitative estimate of drug-likeness (QED) is 0.345. The highest BCUT2D eigenvalue weighted by molar-refractivity contribution is 5.79. The molecule has 2 N–H and O–H groups in total. The van der Waals surface area contributed by atoms with E-state index in [2.05, 4.69) is 15.6 Å². The summed E-state index contributed by atoms with van der Waals surface area (Å²) in [7, 11) is 1.63. The fourth-order valence-corrected chi connectivity index (χ4v) is 2.79. The highest BCUT2D eigenvalue weighted by Crippen LogP contribution is 2.26. The SMILES string of the molecule is CCNC(=NCC(C)Oc1ccccc1OC)NCCCCn1ccccc1=O. The summed E-state index contributed by atoms with van der Waals surface area (Å²) in [5.74, 6) is 2.19. The Hall–Kier alpha value is -2.96. The van der Waals surface area contributed by atoms with Crippen LogP contribution in [0.4, 0.5) is 0 Å². The second-order valence-corrected chi connectivity index (χ2v) is 6.67. The van der Waals surface area contributed by atoms with Crippen molar-refractivity contribution in [3.63, 3.8) is 0 Å². The van der Waals surface area contributed by atoms with Crippen molar-refractivity contribution in [3.8, 4) is 11.5 Å². The smallest absolute Gasteiger partial charge is 0.250 e. The average Bonchev–Trinajstić information content (AvgIpc) is 2.73. The summed E-state index contributed by atoms with van der Waals surface area (Å²) in [5, 5.41) is 6.58. The topological polar surface area (TPSA) is 76.9 Å². The number of methoxy groups -OCH3 is 1. The number of aryl methyl sites for hydroxylation is 1. The predicted molar refractivity (Wildman–Crippen MR) is 117 cm³/mol. The molecule has 29 heavy (non-hydrogen) atoms. The first-order valence-corrected chi connectivity index (χ1v) is 10.1. The standard InChI is InChI=1S/C22H32N4O3/c1-4-23-22(24-14-8-10-16-26-15-9-7-13-21(26)27)25-17-18(2)29-20-12-6-5-11-19(20)28-3/h5-7,9,11-13,15,18H,4,8,10,14,16-17H2,1-3H3,(H2,23,24,25). The molecule has 7 nitrogen and oxygen atoms in total. The van der Waals surface area contributed by atoms with E-state index in [4.69, 9.17) is 9.47 Å². The first-order chi connectivity index (χ1) is 14.1. The molecule has 0 saturated carbocycles. The van der Waals surface area contributed by atoms with Crippen LogP contribution in [0.5, 0.6) is 11.5 Å². The van der Waals surface area contributed by atoms with Crippen LogP contribution in [0.2, 0.25) is 0 Å². The van der Waals surface area contributed by atoms with Crippen molar-refractivity contribution in [1.29, 1.82) is 0 Å². The summed E-state index contributed by atoms with van der Waals surface area (Å²) in [6.07, 6.45) is 3.60. The molecule has 1 atom stereocenters. The molecule has 0 aliphatic heterocycles. The Morgan fingerprint density at radius 2 is 1.86 bits per heavy atom. The maximum atomic E-state index is 11.7. The zero-order chi connectivity index (χ0) is 20.9. The fraction of sp³-hybridized carbons (Fsp3) is 0.455. The number of guanidine groups is 1. The van der Waals surface area contributed by atoms with E-state index in [0.717, 1.165) is 38.4 Å². The van der Waals surface area contributed by atoms with Gasteiger partial charge in [0.1, 0.15) is 6.10 Å². The van der Waals surface area contributed by atoms with Gasteiger partial charge in [0.05, 0.1) is 13.7 Å². The number of para-hydroxylation sites is 2. The molecular weight excluding hydrogens is 368 g/mol. The monoisotopic (exact) mass is 400 g/mol. The number of benzene rings is 1. The number of hydrogen-bond acceptors (Lipinski definition) is 4. The molecule has 0 saturated heterocycles. The summed E-state index contributed by atoms with van der Waals surface area (Å²) in [4.78, 5) is 16.3. The second kappa shape index (κ2) is 12.5. The summed E-state index contributed by atoms with van der Waals surface area (Å²) in [6, 6.07) is 12.8. The number of pyridine rings is 1. The zero-order valence-corrected chi connectivity index (χ0v) is 17.6. The molecule has 1 heterocycles. The van der Waals surface area contributed by atoms with Gasteiger partial charge >= 0.3 is 0 Å². The van der Waals surface area contributed by atoms with Crippen molar-refractivity contribution in [2.24, 2.45) is 4.99 Å². The molecule has 0 amide bonds. The van der Waals surface area contributed by atoms with Crippen LogP contribution in [-0.2, 0) is 6.54 Å². The van der Waals surface area contributed by atoms with E-state index in [9.17, 15) is 4.79 Å². The number of unbranched alkanes of at least 4 members (excludes halogenated alkanes) is 1. The number of ether oxygens (including phenoxy) is 2. The largest absolute Gasteiger partial charge is 0.493 e. The van der Waals surface area contributed by atoms with Crippen molar-refractivity contribution in [2.45, 2.75) is 39.3 Å². The van der Waals surface area contributed by atoms with Gasteiger partial charge in [-0.15, -0.1) is 0 Å². The predicted octanol–water partition coefficient (Wildman–Crippen LogP) is 2.66. The van der Waals surface area contributed by atoms with Crippen LogP contribution in [0.15, 0.2) is 58.4 Å². The van der Waals surface area contributed by atoms with Crippen molar-refractivity contribution >= 4 is 5.96 Å². The van der Waals surface area contributed by atoms with Gasteiger partial charge in [-0.25, -0.2) is 4.99 Å². The van der Waals surface area contributed by atoms with Gasteiger partial charge in [-0.05, 0) is 44.9 Å². The maximum Gasteiger partial charge on any atom is 0.250 e. The number of nitrogens with zero attached hydrogens (tertiary/aromatic N) is 2. The third-order valence-electron chi connectivity index (χ3n) is 4.27. The average molecular weight is 401 g/mol. The Morgan fingerprint density at radius 3 is 2.59 bits per heavy atom. The van der Waals surface area contributed by atoms with E-state index in [-0.39, 0.29) is 11.7 Å². The highest BCUT2D eigenvalue weighted by Gasteiger charge is 2.08. The third-order valence-corrected chi connectivity index (χ3v) is 4.27. The molecule has 0 aliphatic carbocycles. The van der Waals surface area contributed by atoms with Gasteiger partial charge in [-0.1, -0.05) is 18.2 Å². The van der Waals surface area contributed by atoms with Gasteiger partial charge in [0.15, 0.2) is 17.5 Å². The van der Waals surface area contributed by atoms with Crippen molar-refractivity contribution in [1.82, 2.24) is 15.2 Å². The molecule has 7 heteroatoms. The number of aromatic nitrogens is 1. The molecule has 0 bridgehead atoms. The van der Waals surface area contributed by atoms with Gasteiger partial charge in [-0.2, -0.15) is 0 Å². The number of nitrogens with one attached hydrogen (secondary N) is 2. The summed E-state index contributed by atoms with van der Waals surface area (Å²) in [5.41, 5.74) is 0.0411. The van der Waals surface area contributed by atoms with E-state index < -0.39 is 0 Å². The molecule has 2 rings (SSSR count). The highest BCUT2D eigenvalue weighted by atomic mass is 16.5. The Kier molecular flexibility index (Phi) is 9.62. The lowest BCUT2D eigenvalue weighted by Gasteiger charge is -2.16. The van der Waals surface area contributed by atoms with Gasteiger partial charge < -0.3 is 24.7 Å². The third kappa shape index (κ3) is 7.89. The first kappa shape index (κ1) is 22.3. The van der Waals surface area contributed by atoms with Crippen LogP contribution in [-0.4, -0.2) is 43.4 Å². The molecule has 1 aromatic heterocycles. The molecule has 2 aromatic rings. The molecular formula is C22H32N4O3. The Labute approximate surface area is 172 Å². The fourth-order valence-electron chi connectivity index (χ4n) is 2.79. The minimum absolute atomic E-state index is 0.0411. The van der Waals surface area contributed by atoms with Crippen LogP contribution >= 0.6 is 0 Å². The van der Waals surface area contributed by atoms with Crippen molar-refractivity contribution < 1.29 is 9.47 Å². The molecule has 0 fully saturated rings. The molecule has 0 radical (unpaired) electrons. The van der Waals surface area contributed by atoms with E-state index in [1.165, 1.54) is 0 Å². The molecule has 0 spiro atoms. The summed E-state index contributed by atoms with van der Waals surface area (Å²) < 4.78 is 13.0. The molecule has 1 unspecified atom stereocenters. The van der Waals surface area contributed by atoms with Crippen LogP contribution in [0.1, 0.15) is 26.7 Å². The first-order valence-electron chi connectivity index (χ1n) is 10.1. The van der Waals surface area contributed by atoms with E-state index in [1.54, 1.807) is 23.8 Å². The van der Waals surface area contributed by atoms with E-state index in [1.807, 2.05) is 50.4 Å². The van der Waals surface area contributed by atoms with Crippen LogP contribution in [0, 0.1) is 0 Å². The van der Waals surface area contributed by atoms with Crippen LogP contribution < -0.4 is 25.7 Å². The van der Waals surface area contributed by atoms with Crippen molar-refractivity contribution in [3.05, 3.63) is 59.0 Å². The molecule has 0 aliphatic rings. The van der Waals surface area contributed by atoms with Gasteiger partial charge in [0.2, 0.25) is 5.56 Å². The lowest BCUT2D eigenvalue weighted by molar-refractivity contribution is 0.219. The second-order valence-electron chi connectivity index (χ2n) is 6.67. The van der Waals surface area contributed by atoms with E-state index >= 15 is 0 Å². The number of hydrogen-bond donors (Lipinski definition) is 2. The minimum Gasteiger partial charge on any atom is -0.493 e. The van der Waals surface area contributed by atoms with Crippen LogP contribution in [0.3, 0.4) is 0 Å². The molecule has 1 aromatic carbocycles. The zero-order valence-electron chi connectivity index (χ0n) is 17.6. The number of aliphatic imine (C=N–C) groups is 1. The Morgan fingerprint density at radius 1 is 1.10 bits per heavy atom. The van der Waals surface area contributed by atoms with Crippen LogP contribution in [0.25, 0.3) is 0 Å². The molecule has 158 valence electrons. The maximum absolute atomic E-state index is 11.7. The van der Waals surface area contributed by atoms with Gasteiger partial charge in [0.25, 0.3) is 0 Å². The Bertz CT molecular complexity index is 819. The van der Waals surface area contributed by atoms with Gasteiger partial charge in [-0.3, -0.25) is 4.79 Å². The summed E-state index contributed by atoms with van der Waals surface area (Å²) in [6.45, 7) is 6.83. The van der Waals surface area contributed by atoms with E-state index in [0.29, 0.717) is 18.0 Å².